The zero-order chi connectivity index (χ0) is 14.3. The number of aromatic nitrogens is 3. The number of aryl methyl sites for hydroxylation is 1. The largest absolute Gasteiger partial charge is 0.313 e. The third-order valence-corrected chi connectivity index (χ3v) is 3.75. The molecule has 0 radical (unpaired) electrons. The van der Waals surface area contributed by atoms with Crippen LogP contribution in [0.25, 0.3) is 0 Å². The zero-order valence-electron chi connectivity index (χ0n) is 12.0. The molecule has 7 heteroatoms. The van der Waals surface area contributed by atoms with E-state index < -0.39 is 9.84 Å². The first kappa shape index (κ1) is 16.1. The summed E-state index contributed by atoms with van der Waals surface area (Å²) >= 11 is 0. The molecule has 19 heavy (non-hydrogen) atoms. The molecule has 0 aliphatic carbocycles. The summed E-state index contributed by atoms with van der Waals surface area (Å²) in [4.78, 5) is 4.23. The average molecular weight is 288 g/mol. The highest BCUT2D eigenvalue weighted by Crippen LogP contribution is 2.03. The van der Waals surface area contributed by atoms with Gasteiger partial charge >= 0.3 is 0 Å². The van der Waals surface area contributed by atoms with Crippen LogP contribution in [0.3, 0.4) is 0 Å². The van der Waals surface area contributed by atoms with Crippen molar-refractivity contribution in [1.29, 1.82) is 0 Å². The van der Waals surface area contributed by atoms with Gasteiger partial charge in [-0.3, -0.25) is 4.68 Å². The van der Waals surface area contributed by atoms with Gasteiger partial charge in [-0.15, -0.1) is 0 Å². The second-order valence-electron chi connectivity index (χ2n) is 4.85. The molecule has 0 aromatic carbocycles. The van der Waals surface area contributed by atoms with E-state index >= 15 is 0 Å². The lowest BCUT2D eigenvalue weighted by atomic mass is 10.2. The Morgan fingerprint density at radius 1 is 1.37 bits per heavy atom. The normalized spacial score (nSPS) is 13.6. The molecule has 0 aliphatic heterocycles. The van der Waals surface area contributed by atoms with E-state index in [-0.39, 0.29) is 11.8 Å². The Kier molecular flexibility index (Phi) is 6.44. The number of hydrogen-bond acceptors (Lipinski definition) is 5. The van der Waals surface area contributed by atoms with E-state index in [4.69, 9.17) is 0 Å². The molecule has 0 amide bonds. The molecule has 1 aromatic heterocycles. The lowest BCUT2D eigenvalue weighted by molar-refractivity contribution is 0.494. The van der Waals surface area contributed by atoms with Gasteiger partial charge in [0.05, 0.1) is 5.75 Å². The Labute approximate surface area is 115 Å². The lowest BCUT2D eigenvalue weighted by Crippen LogP contribution is -2.38. The first-order valence-electron chi connectivity index (χ1n) is 6.74. The molecule has 0 fully saturated rings. The number of nitrogens with one attached hydrogen (secondary N) is 1. The van der Waals surface area contributed by atoms with Gasteiger partial charge in [0.2, 0.25) is 0 Å². The molecule has 1 rings (SSSR count). The van der Waals surface area contributed by atoms with Crippen LogP contribution in [0.2, 0.25) is 0 Å². The summed E-state index contributed by atoms with van der Waals surface area (Å²) in [6.07, 6.45) is 5.34. The smallest absolute Gasteiger partial charge is 0.148 e. The lowest BCUT2D eigenvalue weighted by Gasteiger charge is -2.17. The van der Waals surface area contributed by atoms with Gasteiger partial charge in [-0.25, -0.2) is 13.4 Å². The fraction of sp³-hybridized carbons (Fsp3) is 0.833. The van der Waals surface area contributed by atoms with Gasteiger partial charge in [0.25, 0.3) is 0 Å². The first-order valence-corrected chi connectivity index (χ1v) is 8.80. The van der Waals surface area contributed by atoms with Gasteiger partial charge in [0.1, 0.15) is 22.0 Å². The van der Waals surface area contributed by atoms with Gasteiger partial charge in [-0.2, -0.15) is 5.10 Å². The highest BCUT2D eigenvalue weighted by atomic mass is 32.2. The summed E-state index contributed by atoms with van der Waals surface area (Å²) in [6, 6.07) is -0.102. The minimum atomic E-state index is -3.00. The molecule has 1 aromatic rings. The van der Waals surface area contributed by atoms with Gasteiger partial charge in [0.15, 0.2) is 0 Å². The van der Waals surface area contributed by atoms with Crippen molar-refractivity contribution in [3.8, 4) is 0 Å². The van der Waals surface area contributed by atoms with Crippen molar-refractivity contribution in [2.75, 3.05) is 18.6 Å². The molecule has 1 heterocycles. The Morgan fingerprint density at radius 2 is 2.11 bits per heavy atom. The molecule has 110 valence electrons. The maximum atomic E-state index is 11.5. The molecule has 0 aliphatic rings. The van der Waals surface area contributed by atoms with Crippen molar-refractivity contribution >= 4 is 9.84 Å². The molecular formula is C12H24N4O2S. The molecule has 6 nitrogen and oxygen atoms in total. The fourth-order valence-electron chi connectivity index (χ4n) is 1.97. The van der Waals surface area contributed by atoms with Crippen LogP contribution in [0, 0.1) is 0 Å². The van der Waals surface area contributed by atoms with Crippen LogP contribution < -0.4 is 5.32 Å². The highest BCUT2D eigenvalue weighted by molar-refractivity contribution is 7.90. The van der Waals surface area contributed by atoms with Crippen LogP contribution in [0.5, 0.6) is 0 Å². The minimum Gasteiger partial charge on any atom is -0.313 e. The van der Waals surface area contributed by atoms with E-state index in [0.29, 0.717) is 6.42 Å². The third-order valence-electron chi connectivity index (χ3n) is 2.75. The Bertz CT molecular complexity index is 470. The topological polar surface area (TPSA) is 76.9 Å². The van der Waals surface area contributed by atoms with Crippen LogP contribution in [-0.2, 0) is 22.8 Å². The standard InChI is InChI=1S/C12H24N4O2S/c1-4-6-13-11(9-19(3,17)18)8-12-14-10-15-16(12)7-5-2/h10-11,13H,4-9H2,1-3H3. The van der Waals surface area contributed by atoms with Crippen molar-refractivity contribution in [2.24, 2.45) is 0 Å². The SMILES string of the molecule is CCCNC(Cc1ncnn1CCC)CS(C)(=O)=O. The Balaban J connectivity index is 2.72. The monoisotopic (exact) mass is 288 g/mol. The van der Waals surface area contributed by atoms with Crippen LogP contribution in [0.1, 0.15) is 32.5 Å². The zero-order valence-corrected chi connectivity index (χ0v) is 12.8. The van der Waals surface area contributed by atoms with E-state index in [2.05, 4.69) is 29.2 Å². The fourth-order valence-corrected chi connectivity index (χ4v) is 2.94. The maximum absolute atomic E-state index is 11.5. The second kappa shape index (κ2) is 7.59. The molecule has 1 unspecified atom stereocenters. The molecule has 0 saturated heterocycles. The molecule has 1 N–H and O–H groups in total. The van der Waals surface area contributed by atoms with Crippen molar-refractivity contribution in [3.63, 3.8) is 0 Å². The second-order valence-corrected chi connectivity index (χ2v) is 7.03. The summed E-state index contributed by atoms with van der Waals surface area (Å²) in [5, 5.41) is 7.44. The van der Waals surface area contributed by atoms with Crippen LogP contribution in [0.4, 0.5) is 0 Å². The quantitative estimate of drug-likeness (QED) is 0.722. The summed E-state index contributed by atoms with van der Waals surface area (Å²) in [7, 11) is -3.00. The van der Waals surface area contributed by atoms with Crippen LogP contribution in [-0.4, -0.2) is 47.8 Å². The van der Waals surface area contributed by atoms with Gasteiger partial charge in [-0.1, -0.05) is 13.8 Å². The molecule has 0 bridgehead atoms. The van der Waals surface area contributed by atoms with E-state index in [0.717, 1.165) is 31.8 Å². The highest BCUT2D eigenvalue weighted by Gasteiger charge is 2.18. The number of nitrogens with zero attached hydrogens (tertiary/aromatic N) is 3. The van der Waals surface area contributed by atoms with E-state index in [1.165, 1.54) is 12.6 Å². The first-order chi connectivity index (χ1) is 8.96. The van der Waals surface area contributed by atoms with Gasteiger partial charge in [0, 0.05) is 25.3 Å². The molecular weight excluding hydrogens is 264 g/mol. The Hall–Kier alpha value is -0.950. The van der Waals surface area contributed by atoms with Crippen molar-refractivity contribution < 1.29 is 8.42 Å². The van der Waals surface area contributed by atoms with Crippen molar-refractivity contribution in [3.05, 3.63) is 12.2 Å². The summed E-state index contributed by atoms with van der Waals surface area (Å²) < 4.78 is 24.8. The van der Waals surface area contributed by atoms with Crippen molar-refractivity contribution in [1.82, 2.24) is 20.1 Å². The van der Waals surface area contributed by atoms with E-state index in [1.807, 2.05) is 4.68 Å². The van der Waals surface area contributed by atoms with Gasteiger partial charge < -0.3 is 5.32 Å². The molecule has 0 saturated carbocycles. The predicted molar refractivity (Wildman–Crippen MR) is 75.8 cm³/mol. The number of hydrogen-bond donors (Lipinski definition) is 1. The number of sulfone groups is 1. The van der Waals surface area contributed by atoms with Crippen LogP contribution in [0.15, 0.2) is 6.33 Å². The van der Waals surface area contributed by atoms with Gasteiger partial charge in [-0.05, 0) is 19.4 Å². The summed E-state index contributed by atoms with van der Waals surface area (Å²) in [5.41, 5.74) is 0. The average Bonchev–Trinajstić information content (AvgIpc) is 2.72. The molecule has 0 spiro atoms. The van der Waals surface area contributed by atoms with Crippen molar-refractivity contribution in [2.45, 2.75) is 45.7 Å². The molecule has 1 atom stereocenters. The minimum absolute atomic E-state index is 0.102. The third kappa shape index (κ3) is 6.15. The van der Waals surface area contributed by atoms with Crippen LogP contribution >= 0.6 is 0 Å². The van der Waals surface area contributed by atoms with E-state index in [9.17, 15) is 8.42 Å². The van der Waals surface area contributed by atoms with E-state index in [1.54, 1.807) is 0 Å². The number of rotatable bonds is 9. The summed E-state index contributed by atoms with van der Waals surface area (Å²) in [6.45, 7) is 5.76. The maximum Gasteiger partial charge on any atom is 0.148 e. The Morgan fingerprint density at radius 3 is 2.68 bits per heavy atom. The summed E-state index contributed by atoms with van der Waals surface area (Å²) in [5.74, 6) is 0.977. The predicted octanol–water partition coefficient (Wildman–Crippen LogP) is 0.643.